The second kappa shape index (κ2) is 7.49. The van der Waals surface area contributed by atoms with Crippen LogP contribution in [0.5, 0.6) is 11.5 Å². The Bertz CT molecular complexity index is 580. The number of nitriles is 1. The molecule has 0 aliphatic rings. The number of ketones is 1. The molecule has 1 aromatic rings. The number of hydrogen-bond donors (Lipinski definition) is 0. The van der Waals surface area contributed by atoms with E-state index < -0.39 is 0 Å². The lowest BCUT2D eigenvalue weighted by Gasteiger charge is -2.16. The van der Waals surface area contributed by atoms with Crippen LogP contribution in [0.3, 0.4) is 0 Å². The van der Waals surface area contributed by atoms with Crippen LogP contribution in [-0.4, -0.2) is 19.0 Å². The number of benzene rings is 1. The lowest BCUT2D eigenvalue weighted by molar-refractivity contribution is -0.117. The number of hydrogen-bond acceptors (Lipinski definition) is 4. The molecule has 1 aromatic carbocycles. The molecule has 4 heteroatoms. The van der Waals surface area contributed by atoms with Gasteiger partial charge in [-0.05, 0) is 26.0 Å². The lowest BCUT2D eigenvalue weighted by atomic mass is 9.99. The van der Waals surface area contributed by atoms with Crippen molar-refractivity contribution in [2.45, 2.75) is 33.8 Å². The second-order valence-electron chi connectivity index (χ2n) is 5.23. The Balaban J connectivity index is 3.35. The summed E-state index contributed by atoms with van der Waals surface area (Å²) in [5.74, 6) is 0.706. The van der Waals surface area contributed by atoms with Crippen molar-refractivity contribution in [3.05, 3.63) is 29.3 Å². The highest BCUT2D eigenvalue weighted by Crippen LogP contribution is 2.33. The van der Waals surface area contributed by atoms with Crippen molar-refractivity contribution in [2.24, 2.45) is 5.92 Å². The van der Waals surface area contributed by atoms with Gasteiger partial charge in [0.1, 0.15) is 6.07 Å². The van der Waals surface area contributed by atoms with E-state index >= 15 is 0 Å². The Morgan fingerprint density at radius 3 is 2.43 bits per heavy atom. The van der Waals surface area contributed by atoms with Gasteiger partial charge in [0.2, 0.25) is 0 Å². The Morgan fingerprint density at radius 1 is 1.29 bits per heavy atom. The van der Waals surface area contributed by atoms with Gasteiger partial charge in [-0.2, -0.15) is 5.26 Å². The van der Waals surface area contributed by atoms with Crippen molar-refractivity contribution in [1.82, 2.24) is 0 Å². The number of rotatable bonds is 6. The second-order valence-corrected chi connectivity index (χ2v) is 5.23. The first-order valence-electron chi connectivity index (χ1n) is 6.90. The summed E-state index contributed by atoms with van der Waals surface area (Å²) in [5, 5.41) is 9.19. The number of methoxy groups -OCH3 is 1. The number of ether oxygens (including phenoxy) is 2. The molecule has 0 aromatic heterocycles. The molecule has 0 spiro atoms. The zero-order chi connectivity index (χ0) is 16.0. The molecule has 0 radical (unpaired) electrons. The third-order valence-corrected chi connectivity index (χ3v) is 2.79. The van der Waals surface area contributed by atoms with Gasteiger partial charge in [0, 0.05) is 11.5 Å². The van der Waals surface area contributed by atoms with E-state index in [-0.39, 0.29) is 23.4 Å². The van der Waals surface area contributed by atoms with Crippen LogP contribution in [0.2, 0.25) is 0 Å². The summed E-state index contributed by atoms with van der Waals surface area (Å²) < 4.78 is 11.1. The third kappa shape index (κ3) is 4.35. The van der Waals surface area contributed by atoms with Crippen LogP contribution in [0.4, 0.5) is 0 Å². The van der Waals surface area contributed by atoms with Crippen molar-refractivity contribution in [1.29, 1.82) is 5.26 Å². The molecular weight excluding hydrogens is 266 g/mol. The highest BCUT2D eigenvalue weighted by Gasteiger charge is 2.16. The van der Waals surface area contributed by atoms with E-state index in [4.69, 9.17) is 9.47 Å². The summed E-state index contributed by atoms with van der Waals surface area (Å²) in [6, 6.07) is 7.34. The van der Waals surface area contributed by atoms with Gasteiger partial charge in [-0.15, -0.1) is 0 Å². The zero-order valence-electron chi connectivity index (χ0n) is 13.1. The van der Waals surface area contributed by atoms with Gasteiger partial charge in [0.25, 0.3) is 0 Å². The molecule has 0 aliphatic carbocycles. The fourth-order valence-corrected chi connectivity index (χ4v) is 1.79. The predicted octanol–water partition coefficient (Wildman–Crippen LogP) is 3.61. The van der Waals surface area contributed by atoms with Crippen molar-refractivity contribution in [3.8, 4) is 17.6 Å². The molecule has 0 unspecified atom stereocenters. The first kappa shape index (κ1) is 16.8. The van der Waals surface area contributed by atoms with Gasteiger partial charge in [-0.25, -0.2) is 0 Å². The lowest BCUT2D eigenvalue weighted by Crippen LogP contribution is -2.10. The van der Waals surface area contributed by atoms with Gasteiger partial charge in [-0.3, -0.25) is 4.79 Å². The minimum atomic E-state index is -0.226. The molecule has 0 saturated heterocycles. The summed E-state index contributed by atoms with van der Waals surface area (Å²) in [5.41, 5.74) is 0.778. The van der Waals surface area contributed by atoms with Gasteiger partial charge >= 0.3 is 0 Å². The fourth-order valence-electron chi connectivity index (χ4n) is 1.79. The highest BCUT2D eigenvalue weighted by atomic mass is 16.5. The maximum absolute atomic E-state index is 12.0. The molecule has 0 amide bonds. The standard InChI is InChI=1S/C17H21NO3/c1-11(2)16(19)14(10-18)9-13-7-6-8-15(20-5)17(13)21-12(3)4/h6-9,11-12H,1-5H3/b14-9-. The largest absolute Gasteiger partial charge is 0.493 e. The average molecular weight is 287 g/mol. The molecule has 112 valence electrons. The van der Waals surface area contributed by atoms with E-state index in [0.717, 1.165) is 0 Å². The summed E-state index contributed by atoms with van der Waals surface area (Å²) in [6.45, 7) is 7.35. The zero-order valence-corrected chi connectivity index (χ0v) is 13.1. The van der Waals surface area contributed by atoms with E-state index in [1.54, 1.807) is 45.2 Å². The first-order valence-corrected chi connectivity index (χ1v) is 6.90. The average Bonchev–Trinajstić information content (AvgIpc) is 2.44. The molecule has 21 heavy (non-hydrogen) atoms. The number of carbonyl (C=O) groups is 1. The van der Waals surface area contributed by atoms with Crippen molar-refractivity contribution in [3.63, 3.8) is 0 Å². The molecular formula is C17H21NO3. The number of carbonyl (C=O) groups excluding carboxylic acids is 1. The Morgan fingerprint density at radius 2 is 1.95 bits per heavy atom. The van der Waals surface area contributed by atoms with E-state index in [0.29, 0.717) is 17.1 Å². The van der Waals surface area contributed by atoms with Crippen LogP contribution in [0.25, 0.3) is 6.08 Å². The summed E-state index contributed by atoms with van der Waals surface area (Å²) in [6.07, 6.45) is 1.52. The molecule has 0 fully saturated rings. The minimum absolute atomic E-state index is 0.0419. The smallest absolute Gasteiger partial charge is 0.175 e. The Kier molecular flexibility index (Phi) is 5.98. The van der Waals surface area contributed by atoms with E-state index in [2.05, 4.69) is 0 Å². The molecule has 0 N–H and O–H groups in total. The van der Waals surface area contributed by atoms with Crippen molar-refractivity contribution >= 4 is 11.9 Å². The van der Waals surface area contributed by atoms with Gasteiger partial charge < -0.3 is 9.47 Å². The van der Waals surface area contributed by atoms with Crippen molar-refractivity contribution in [2.75, 3.05) is 7.11 Å². The molecule has 0 atom stereocenters. The van der Waals surface area contributed by atoms with Crippen LogP contribution < -0.4 is 9.47 Å². The number of Topliss-reactive ketones (excluding diaryl/α,β-unsaturated/α-hetero) is 1. The molecule has 0 aliphatic heterocycles. The van der Waals surface area contributed by atoms with Crippen LogP contribution in [0.15, 0.2) is 23.8 Å². The van der Waals surface area contributed by atoms with Gasteiger partial charge in [0.15, 0.2) is 17.3 Å². The fraction of sp³-hybridized carbons (Fsp3) is 0.412. The Labute approximate surface area is 126 Å². The molecule has 4 nitrogen and oxygen atoms in total. The summed E-state index contributed by atoms with van der Waals surface area (Å²) in [4.78, 5) is 12.0. The maximum Gasteiger partial charge on any atom is 0.175 e. The third-order valence-electron chi connectivity index (χ3n) is 2.79. The minimum Gasteiger partial charge on any atom is -0.493 e. The van der Waals surface area contributed by atoms with E-state index in [1.165, 1.54) is 0 Å². The molecule has 0 bridgehead atoms. The monoisotopic (exact) mass is 287 g/mol. The number of para-hydroxylation sites is 1. The molecule has 0 saturated carbocycles. The highest BCUT2D eigenvalue weighted by molar-refractivity contribution is 6.04. The Hall–Kier alpha value is -2.28. The topological polar surface area (TPSA) is 59.3 Å². The normalized spacial score (nSPS) is 11.4. The SMILES string of the molecule is COc1cccc(/C=C(/C#N)C(=O)C(C)C)c1OC(C)C. The van der Waals surface area contributed by atoms with Gasteiger partial charge in [0.05, 0.1) is 18.8 Å². The van der Waals surface area contributed by atoms with E-state index in [1.807, 2.05) is 19.9 Å². The summed E-state index contributed by atoms with van der Waals surface area (Å²) >= 11 is 0. The van der Waals surface area contributed by atoms with Gasteiger partial charge in [-0.1, -0.05) is 26.0 Å². The van der Waals surface area contributed by atoms with Crippen LogP contribution in [0, 0.1) is 17.2 Å². The van der Waals surface area contributed by atoms with E-state index in [9.17, 15) is 10.1 Å². The maximum atomic E-state index is 12.0. The number of allylic oxidation sites excluding steroid dienone is 1. The molecule has 0 heterocycles. The number of nitrogens with zero attached hydrogens (tertiary/aromatic N) is 1. The van der Waals surface area contributed by atoms with Crippen LogP contribution in [-0.2, 0) is 4.79 Å². The first-order chi connectivity index (χ1) is 9.90. The van der Waals surface area contributed by atoms with Crippen LogP contribution >= 0.6 is 0 Å². The van der Waals surface area contributed by atoms with Crippen molar-refractivity contribution < 1.29 is 14.3 Å². The van der Waals surface area contributed by atoms with Crippen LogP contribution in [0.1, 0.15) is 33.3 Å². The quantitative estimate of drug-likeness (QED) is 0.592. The molecule has 1 rings (SSSR count). The summed E-state index contributed by atoms with van der Waals surface area (Å²) in [7, 11) is 1.56. The predicted molar refractivity (Wildman–Crippen MR) is 82.2 cm³/mol.